The molecule has 2 aliphatic rings. The molecule has 0 bridgehead atoms. The lowest BCUT2D eigenvalue weighted by Crippen LogP contribution is -2.46. The number of carboxylic acids is 1. The summed E-state index contributed by atoms with van der Waals surface area (Å²) < 4.78 is 0. The zero-order chi connectivity index (χ0) is 15.4. The molecule has 21 heavy (non-hydrogen) atoms. The van der Waals surface area contributed by atoms with Crippen LogP contribution in [0.2, 0.25) is 0 Å². The van der Waals surface area contributed by atoms with E-state index in [1.807, 2.05) is 4.90 Å². The number of likely N-dealkylation sites (N-methyl/N-ethyl adjacent to an activating group) is 1. The van der Waals surface area contributed by atoms with E-state index in [9.17, 15) is 14.4 Å². The number of piperidine rings is 1. The third-order valence-corrected chi connectivity index (χ3v) is 4.04. The number of carbonyl (C=O) groups is 3. The molecular weight excluding hydrogens is 274 g/mol. The number of nitrogens with one attached hydrogen (secondary N) is 1. The van der Waals surface area contributed by atoms with Gasteiger partial charge in [-0.1, -0.05) is 0 Å². The van der Waals surface area contributed by atoms with Crippen LogP contribution >= 0.6 is 0 Å². The van der Waals surface area contributed by atoms with Crippen molar-refractivity contribution >= 4 is 17.8 Å². The van der Waals surface area contributed by atoms with E-state index < -0.39 is 5.97 Å². The van der Waals surface area contributed by atoms with Crippen LogP contribution in [-0.2, 0) is 14.4 Å². The number of rotatable bonds is 6. The Balaban J connectivity index is 1.68. The van der Waals surface area contributed by atoms with Crippen molar-refractivity contribution in [1.29, 1.82) is 0 Å². The van der Waals surface area contributed by atoms with Crippen molar-refractivity contribution in [3.8, 4) is 0 Å². The van der Waals surface area contributed by atoms with Crippen molar-refractivity contribution in [1.82, 2.24) is 15.1 Å². The minimum Gasteiger partial charge on any atom is -0.481 e. The van der Waals surface area contributed by atoms with Gasteiger partial charge in [-0.2, -0.15) is 0 Å². The van der Waals surface area contributed by atoms with Crippen molar-refractivity contribution in [2.75, 3.05) is 33.2 Å². The Bertz CT molecular complexity index is 414. The third kappa shape index (κ3) is 5.00. The number of carboxylic acid groups (broad SMARTS) is 1. The highest BCUT2D eigenvalue weighted by Crippen LogP contribution is 2.18. The molecule has 2 rings (SSSR count). The maximum atomic E-state index is 12.1. The first-order chi connectivity index (χ1) is 9.95. The maximum Gasteiger partial charge on any atom is 0.306 e. The fourth-order valence-electron chi connectivity index (χ4n) is 2.45. The normalized spacial score (nSPS) is 20.0. The van der Waals surface area contributed by atoms with E-state index in [1.165, 1.54) is 4.90 Å². The Kier molecular flexibility index (Phi) is 5.17. The van der Waals surface area contributed by atoms with Crippen LogP contribution in [0, 0.1) is 5.92 Å². The highest BCUT2D eigenvalue weighted by Gasteiger charge is 2.27. The molecule has 2 N–H and O–H groups in total. The van der Waals surface area contributed by atoms with Gasteiger partial charge in [0.1, 0.15) is 0 Å². The molecule has 1 heterocycles. The van der Waals surface area contributed by atoms with E-state index in [-0.39, 0.29) is 30.8 Å². The molecule has 7 heteroatoms. The lowest BCUT2D eigenvalue weighted by atomic mass is 9.97. The van der Waals surface area contributed by atoms with Gasteiger partial charge >= 0.3 is 5.97 Å². The molecule has 2 amide bonds. The SMILES string of the molecule is CN(CC(=O)NC1CC1)C(=O)CN1CCC(C(=O)O)CC1. The average molecular weight is 297 g/mol. The molecule has 1 aliphatic heterocycles. The van der Waals surface area contributed by atoms with Gasteiger partial charge in [0.2, 0.25) is 11.8 Å². The zero-order valence-electron chi connectivity index (χ0n) is 12.4. The smallest absolute Gasteiger partial charge is 0.306 e. The molecular formula is C14H23N3O4. The molecule has 118 valence electrons. The fraction of sp³-hybridized carbons (Fsp3) is 0.786. The quantitative estimate of drug-likeness (QED) is 0.691. The van der Waals surface area contributed by atoms with Gasteiger partial charge in [0.15, 0.2) is 0 Å². The molecule has 0 atom stereocenters. The molecule has 0 aromatic carbocycles. The second-order valence-corrected chi connectivity index (χ2v) is 5.98. The highest BCUT2D eigenvalue weighted by atomic mass is 16.4. The maximum absolute atomic E-state index is 12.1. The van der Waals surface area contributed by atoms with E-state index in [2.05, 4.69) is 5.32 Å². The number of likely N-dealkylation sites (tertiary alicyclic amines) is 1. The van der Waals surface area contributed by atoms with Crippen LogP contribution < -0.4 is 5.32 Å². The van der Waals surface area contributed by atoms with E-state index >= 15 is 0 Å². The van der Waals surface area contributed by atoms with E-state index in [4.69, 9.17) is 5.11 Å². The third-order valence-electron chi connectivity index (χ3n) is 4.04. The Morgan fingerprint density at radius 2 is 1.81 bits per heavy atom. The molecule has 0 unspecified atom stereocenters. The van der Waals surface area contributed by atoms with Gasteiger partial charge in [0.05, 0.1) is 19.0 Å². The average Bonchev–Trinajstić information content (AvgIpc) is 3.22. The summed E-state index contributed by atoms with van der Waals surface area (Å²) in [5.74, 6) is -1.26. The van der Waals surface area contributed by atoms with E-state index in [1.54, 1.807) is 7.05 Å². The van der Waals surface area contributed by atoms with Crippen LogP contribution in [0.25, 0.3) is 0 Å². The largest absolute Gasteiger partial charge is 0.481 e. The first-order valence-corrected chi connectivity index (χ1v) is 7.44. The molecule has 0 aromatic heterocycles. The van der Waals surface area contributed by atoms with Crippen molar-refractivity contribution in [3.05, 3.63) is 0 Å². The second-order valence-electron chi connectivity index (χ2n) is 5.98. The van der Waals surface area contributed by atoms with Crippen LogP contribution in [0.5, 0.6) is 0 Å². The van der Waals surface area contributed by atoms with Crippen LogP contribution in [0.15, 0.2) is 0 Å². The molecule has 1 saturated carbocycles. The minimum absolute atomic E-state index is 0.0843. The molecule has 0 aromatic rings. The first-order valence-electron chi connectivity index (χ1n) is 7.44. The summed E-state index contributed by atoms with van der Waals surface area (Å²) in [6, 6.07) is 0.302. The van der Waals surface area contributed by atoms with Gasteiger partial charge < -0.3 is 15.3 Å². The first kappa shape index (κ1) is 15.8. The number of hydrogen-bond acceptors (Lipinski definition) is 4. The highest BCUT2D eigenvalue weighted by molar-refractivity contribution is 5.85. The van der Waals surface area contributed by atoms with Gasteiger partial charge in [-0.05, 0) is 38.8 Å². The van der Waals surface area contributed by atoms with E-state index in [0.717, 1.165) is 12.8 Å². The number of hydrogen-bond donors (Lipinski definition) is 2. The fourth-order valence-corrected chi connectivity index (χ4v) is 2.45. The summed E-state index contributed by atoms with van der Waals surface area (Å²) in [6.45, 7) is 1.57. The predicted molar refractivity (Wildman–Crippen MR) is 75.6 cm³/mol. The van der Waals surface area contributed by atoms with E-state index in [0.29, 0.717) is 32.0 Å². The van der Waals surface area contributed by atoms with Crippen LogP contribution in [-0.4, -0.2) is 72.0 Å². The zero-order valence-corrected chi connectivity index (χ0v) is 12.4. The van der Waals surface area contributed by atoms with Gasteiger partial charge in [-0.3, -0.25) is 19.3 Å². The number of nitrogens with zero attached hydrogens (tertiary/aromatic N) is 2. The molecule has 1 aliphatic carbocycles. The molecule has 7 nitrogen and oxygen atoms in total. The molecule has 2 fully saturated rings. The summed E-state index contributed by atoms with van der Waals surface area (Å²) in [7, 11) is 1.62. The number of amides is 2. The second kappa shape index (κ2) is 6.89. The summed E-state index contributed by atoms with van der Waals surface area (Å²) in [5, 5.41) is 11.8. The van der Waals surface area contributed by atoms with Crippen LogP contribution in [0.3, 0.4) is 0 Å². The Hall–Kier alpha value is -1.63. The summed E-state index contributed by atoms with van der Waals surface area (Å²) in [4.78, 5) is 37.9. The monoisotopic (exact) mass is 297 g/mol. The van der Waals surface area contributed by atoms with Gasteiger partial charge in [0, 0.05) is 13.1 Å². The topological polar surface area (TPSA) is 90.0 Å². The van der Waals surface area contributed by atoms with Gasteiger partial charge in [-0.15, -0.1) is 0 Å². The number of carbonyl (C=O) groups excluding carboxylic acids is 2. The standard InChI is InChI=1S/C14H23N3O4/c1-16(8-12(18)15-11-2-3-11)13(19)9-17-6-4-10(5-7-17)14(20)21/h10-11H,2-9H2,1H3,(H,15,18)(H,20,21). The van der Waals surface area contributed by atoms with Crippen LogP contribution in [0.1, 0.15) is 25.7 Å². The lowest BCUT2D eigenvalue weighted by Gasteiger charge is -2.30. The van der Waals surface area contributed by atoms with Crippen molar-refractivity contribution in [2.24, 2.45) is 5.92 Å². The Morgan fingerprint density at radius 3 is 2.33 bits per heavy atom. The lowest BCUT2D eigenvalue weighted by molar-refractivity contribution is -0.143. The predicted octanol–water partition coefficient (Wildman–Crippen LogP) is -0.480. The van der Waals surface area contributed by atoms with Crippen molar-refractivity contribution in [2.45, 2.75) is 31.7 Å². The van der Waals surface area contributed by atoms with Crippen molar-refractivity contribution < 1.29 is 19.5 Å². The molecule has 0 radical (unpaired) electrons. The Labute approximate surface area is 124 Å². The summed E-state index contributed by atoms with van der Waals surface area (Å²) >= 11 is 0. The van der Waals surface area contributed by atoms with Crippen molar-refractivity contribution in [3.63, 3.8) is 0 Å². The molecule has 1 saturated heterocycles. The van der Waals surface area contributed by atoms with Gasteiger partial charge in [-0.25, -0.2) is 0 Å². The number of aliphatic carboxylic acids is 1. The minimum atomic E-state index is -0.755. The van der Waals surface area contributed by atoms with Crippen LogP contribution in [0.4, 0.5) is 0 Å². The summed E-state index contributed by atoms with van der Waals surface area (Å²) in [5.41, 5.74) is 0. The summed E-state index contributed by atoms with van der Waals surface area (Å²) in [6.07, 6.45) is 3.22. The Morgan fingerprint density at radius 1 is 1.19 bits per heavy atom. The van der Waals surface area contributed by atoms with Gasteiger partial charge in [0.25, 0.3) is 0 Å². The molecule has 0 spiro atoms.